The third kappa shape index (κ3) is 5.18. The van der Waals surface area contributed by atoms with Gasteiger partial charge in [0, 0.05) is 44.1 Å². The normalized spacial score (nSPS) is 15.0. The van der Waals surface area contributed by atoms with Gasteiger partial charge in [-0.05, 0) is 61.6 Å². The first-order valence-corrected chi connectivity index (χ1v) is 9.15. The first-order valence-electron chi connectivity index (χ1n) is 8.74. The van der Waals surface area contributed by atoms with E-state index in [4.69, 9.17) is 12.2 Å². The Bertz CT molecular complexity index is 706. The second kappa shape index (κ2) is 8.32. The van der Waals surface area contributed by atoms with Gasteiger partial charge in [-0.3, -0.25) is 0 Å². The van der Waals surface area contributed by atoms with Gasteiger partial charge in [0.15, 0.2) is 5.11 Å². The molecule has 132 valence electrons. The highest BCUT2D eigenvalue weighted by Crippen LogP contribution is 2.17. The van der Waals surface area contributed by atoms with Crippen molar-refractivity contribution >= 4 is 28.7 Å². The lowest BCUT2D eigenvalue weighted by Gasteiger charge is -2.34. The van der Waals surface area contributed by atoms with E-state index in [2.05, 4.69) is 70.8 Å². The number of benzene rings is 2. The van der Waals surface area contributed by atoms with Gasteiger partial charge in [-0.2, -0.15) is 0 Å². The average molecular weight is 355 g/mol. The number of rotatable bonds is 4. The van der Waals surface area contributed by atoms with E-state index in [1.165, 1.54) is 16.8 Å². The minimum Gasteiger partial charge on any atom is -0.369 e. The number of likely N-dealkylation sites (N-methyl/N-ethyl adjacent to an activating group) is 1. The number of aryl methyl sites for hydroxylation is 1. The maximum Gasteiger partial charge on any atom is 0.171 e. The smallest absolute Gasteiger partial charge is 0.171 e. The average Bonchev–Trinajstić information content (AvgIpc) is 2.61. The van der Waals surface area contributed by atoms with Crippen LogP contribution in [0.3, 0.4) is 0 Å². The standard InChI is InChI=1S/C20H26N4S/c1-16-4-3-5-18(14-16)22-20(25)21-15-17-6-8-19(9-7-17)24-12-10-23(2)11-13-24/h3-9,14H,10-13,15H2,1-2H3,(H2,21,22,25). The van der Waals surface area contributed by atoms with Crippen molar-refractivity contribution in [3.63, 3.8) is 0 Å². The summed E-state index contributed by atoms with van der Waals surface area (Å²) in [5.74, 6) is 0. The molecule has 0 amide bonds. The number of nitrogens with zero attached hydrogens (tertiary/aromatic N) is 2. The molecule has 0 bridgehead atoms. The SMILES string of the molecule is Cc1cccc(NC(=S)NCc2ccc(N3CCN(C)CC3)cc2)c1. The maximum atomic E-state index is 5.38. The van der Waals surface area contributed by atoms with E-state index in [0.29, 0.717) is 5.11 Å². The molecule has 2 aromatic carbocycles. The number of thiocarbonyl (C=S) groups is 1. The first-order chi connectivity index (χ1) is 12.1. The molecule has 4 nitrogen and oxygen atoms in total. The zero-order valence-electron chi connectivity index (χ0n) is 15.0. The number of anilines is 2. The molecule has 1 heterocycles. The van der Waals surface area contributed by atoms with Gasteiger partial charge in [0.25, 0.3) is 0 Å². The second-order valence-electron chi connectivity index (χ2n) is 6.63. The molecule has 0 saturated carbocycles. The lowest BCUT2D eigenvalue weighted by molar-refractivity contribution is 0.313. The lowest BCUT2D eigenvalue weighted by atomic mass is 10.2. The van der Waals surface area contributed by atoms with Gasteiger partial charge in [-0.1, -0.05) is 24.3 Å². The largest absolute Gasteiger partial charge is 0.369 e. The van der Waals surface area contributed by atoms with Crippen LogP contribution in [0.4, 0.5) is 11.4 Å². The van der Waals surface area contributed by atoms with Crippen LogP contribution in [0.15, 0.2) is 48.5 Å². The molecule has 0 aromatic heterocycles. The summed E-state index contributed by atoms with van der Waals surface area (Å²) in [5, 5.41) is 7.15. The van der Waals surface area contributed by atoms with Crippen LogP contribution < -0.4 is 15.5 Å². The predicted octanol–water partition coefficient (Wildman–Crippen LogP) is 3.23. The Morgan fingerprint density at radius 1 is 1.04 bits per heavy atom. The zero-order valence-corrected chi connectivity index (χ0v) is 15.8. The summed E-state index contributed by atoms with van der Waals surface area (Å²) >= 11 is 5.38. The van der Waals surface area contributed by atoms with Crippen molar-refractivity contribution in [3.8, 4) is 0 Å². The molecule has 0 unspecified atom stereocenters. The monoisotopic (exact) mass is 354 g/mol. The molecule has 1 aliphatic rings. The number of nitrogens with one attached hydrogen (secondary N) is 2. The highest BCUT2D eigenvalue weighted by molar-refractivity contribution is 7.80. The fourth-order valence-electron chi connectivity index (χ4n) is 2.97. The van der Waals surface area contributed by atoms with E-state index < -0.39 is 0 Å². The van der Waals surface area contributed by atoms with Crippen LogP contribution >= 0.6 is 12.2 Å². The summed E-state index contributed by atoms with van der Waals surface area (Å²) in [4.78, 5) is 4.82. The van der Waals surface area contributed by atoms with Crippen LogP contribution in [0.1, 0.15) is 11.1 Å². The molecular weight excluding hydrogens is 328 g/mol. The van der Waals surface area contributed by atoms with Crippen LogP contribution in [0.25, 0.3) is 0 Å². The Hall–Kier alpha value is -2.11. The first kappa shape index (κ1) is 17.7. The Labute approximate surface area is 155 Å². The van der Waals surface area contributed by atoms with E-state index in [-0.39, 0.29) is 0 Å². The minimum absolute atomic E-state index is 0.647. The molecule has 1 saturated heterocycles. The van der Waals surface area contributed by atoms with Gasteiger partial charge >= 0.3 is 0 Å². The van der Waals surface area contributed by atoms with Crippen molar-refractivity contribution < 1.29 is 0 Å². The molecule has 1 aliphatic heterocycles. The van der Waals surface area contributed by atoms with Crippen molar-refractivity contribution in [2.45, 2.75) is 13.5 Å². The molecule has 3 rings (SSSR count). The summed E-state index contributed by atoms with van der Waals surface area (Å²) in [6, 6.07) is 17.0. The Kier molecular flexibility index (Phi) is 5.89. The van der Waals surface area contributed by atoms with Crippen molar-refractivity contribution in [1.82, 2.24) is 10.2 Å². The van der Waals surface area contributed by atoms with Crippen LogP contribution in [-0.4, -0.2) is 43.2 Å². The Morgan fingerprint density at radius 2 is 1.76 bits per heavy atom. The van der Waals surface area contributed by atoms with Crippen molar-refractivity contribution in [1.29, 1.82) is 0 Å². The molecule has 0 aliphatic carbocycles. The molecule has 0 radical (unpaired) electrons. The quantitative estimate of drug-likeness (QED) is 0.823. The van der Waals surface area contributed by atoms with Crippen LogP contribution in [0, 0.1) is 6.92 Å². The van der Waals surface area contributed by atoms with Crippen molar-refractivity contribution in [2.75, 3.05) is 43.4 Å². The second-order valence-corrected chi connectivity index (χ2v) is 7.04. The van der Waals surface area contributed by atoms with Crippen LogP contribution in [0.2, 0.25) is 0 Å². The van der Waals surface area contributed by atoms with Gasteiger partial charge in [0.2, 0.25) is 0 Å². The molecule has 2 aromatic rings. The summed E-state index contributed by atoms with van der Waals surface area (Å²) in [6.07, 6.45) is 0. The molecule has 2 N–H and O–H groups in total. The lowest BCUT2D eigenvalue weighted by Crippen LogP contribution is -2.44. The van der Waals surface area contributed by atoms with E-state index in [0.717, 1.165) is 38.4 Å². The Balaban J connectivity index is 1.49. The van der Waals surface area contributed by atoms with Crippen LogP contribution in [0.5, 0.6) is 0 Å². The third-order valence-electron chi connectivity index (χ3n) is 4.53. The molecular formula is C20H26N4S. The fourth-order valence-corrected chi connectivity index (χ4v) is 3.16. The van der Waals surface area contributed by atoms with Crippen molar-refractivity contribution in [3.05, 3.63) is 59.7 Å². The molecule has 5 heteroatoms. The zero-order chi connectivity index (χ0) is 17.6. The van der Waals surface area contributed by atoms with E-state index in [9.17, 15) is 0 Å². The van der Waals surface area contributed by atoms with Gasteiger partial charge in [-0.15, -0.1) is 0 Å². The molecule has 1 fully saturated rings. The van der Waals surface area contributed by atoms with Gasteiger partial charge in [0.05, 0.1) is 0 Å². The van der Waals surface area contributed by atoms with E-state index in [1.807, 2.05) is 12.1 Å². The van der Waals surface area contributed by atoms with Gasteiger partial charge in [0.1, 0.15) is 0 Å². The van der Waals surface area contributed by atoms with Crippen LogP contribution in [-0.2, 0) is 6.54 Å². The number of piperazine rings is 1. The highest BCUT2D eigenvalue weighted by atomic mass is 32.1. The molecule has 0 spiro atoms. The predicted molar refractivity (Wildman–Crippen MR) is 110 cm³/mol. The minimum atomic E-state index is 0.647. The van der Waals surface area contributed by atoms with Crippen molar-refractivity contribution in [2.24, 2.45) is 0 Å². The van der Waals surface area contributed by atoms with Gasteiger partial charge < -0.3 is 20.4 Å². The summed E-state index contributed by atoms with van der Waals surface area (Å²) in [6.45, 7) is 7.24. The van der Waals surface area contributed by atoms with E-state index in [1.54, 1.807) is 0 Å². The third-order valence-corrected chi connectivity index (χ3v) is 4.78. The summed E-state index contributed by atoms with van der Waals surface area (Å²) in [5.41, 5.74) is 4.76. The summed E-state index contributed by atoms with van der Waals surface area (Å²) in [7, 11) is 2.18. The maximum absolute atomic E-state index is 5.38. The molecule has 0 atom stereocenters. The Morgan fingerprint density at radius 3 is 2.44 bits per heavy atom. The fraction of sp³-hybridized carbons (Fsp3) is 0.350. The topological polar surface area (TPSA) is 30.5 Å². The number of hydrogen-bond donors (Lipinski definition) is 2. The van der Waals surface area contributed by atoms with E-state index >= 15 is 0 Å². The highest BCUT2D eigenvalue weighted by Gasteiger charge is 2.13. The summed E-state index contributed by atoms with van der Waals surface area (Å²) < 4.78 is 0. The number of hydrogen-bond acceptors (Lipinski definition) is 3. The van der Waals surface area contributed by atoms with Gasteiger partial charge in [-0.25, -0.2) is 0 Å². The molecule has 25 heavy (non-hydrogen) atoms.